The predicted octanol–water partition coefficient (Wildman–Crippen LogP) is 2.65. The molecule has 0 bridgehead atoms. The van der Waals surface area contributed by atoms with E-state index in [-0.39, 0.29) is 12.1 Å². The van der Waals surface area contributed by atoms with Crippen molar-refractivity contribution < 1.29 is 9.53 Å². The average molecular weight is 338 g/mol. The highest BCUT2D eigenvalue weighted by Crippen LogP contribution is 2.43. The van der Waals surface area contributed by atoms with Gasteiger partial charge in [0.25, 0.3) is 0 Å². The lowest BCUT2D eigenvalue weighted by Gasteiger charge is -2.40. The van der Waals surface area contributed by atoms with E-state index >= 15 is 0 Å². The minimum absolute atomic E-state index is 0.108. The van der Waals surface area contributed by atoms with E-state index in [2.05, 4.69) is 29.8 Å². The number of carbonyl (C=O) groups excluding carboxylic acids is 1. The number of guanidine groups is 1. The molecular formula is C18H34N4O2. The maximum Gasteiger partial charge on any atom is 0.407 e. The first-order chi connectivity index (χ1) is 11.6. The molecule has 2 aliphatic carbocycles. The molecule has 0 saturated heterocycles. The summed E-state index contributed by atoms with van der Waals surface area (Å²) in [5, 5.41) is 9.70. The number of rotatable bonds is 9. The highest BCUT2D eigenvalue weighted by Gasteiger charge is 2.35. The third kappa shape index (κ3) is 5.56. The summed E-state index contributed by atoms with van der Waals surface area (Å²) in [7, 11) is 0. The van der Waals surface area contributed by atoms with Gasteiger partial charge in [0.15, 0.2) is 5.96 Å². The number of aliphatic imine (C=N–C) groups is 1. The summed E-state index contributed by atoms with van der Waals surface area (Å²) in [6, 6.07) is 0.108. The Balaban J connectivity index is 1.85. The van der Waals surface area contributed by atoms with E-state index in [1.54, 1.807) is 0 Å². The van der Waals surface area contributed by atoms with Crippen LogP contribution in [-0.4, -0.2) is 44.3 Å². The molecule has 1 atom stereocenters. The van der Waals surface area contributed by atoms with Crippen molar-refractivity contribution in [3.8, 4) is 0 Å². The number of nitrogens with zero attached hydrogens (tertiary/aromatic N) is 1. The van der Waals surface area contributed by atoms with Gasteiger partial charge < -0.3 is 20.7 Å². The third-order valence-electron chi connectivity index (χ3n) is 5.34. The third-order valence-corrected chi connectivity index (χ3v) is 5.34. The second-order valence-corrected chi connectivity index (χ2v) is 7.09. The minimum atomic E-state index is -0.322. The van der Waals surface area contributed by atoms with Crippen LogP contribution in [0.25, 0.3) is 0 Å². The van der Waals surface area contributed by atoms with Crippen LogP contribution in [0.2, 0.25) is 0 Å². The minimum Gasteiger partial charge on any atom is -0.450 e. The zero-order valence-electron chi connectivity index (χ0n) is 15.5. The molecule has 2 aliphatic rings. The zero-order chi connectivity index (χ0) is 17.4. The second-order valence-electron chi connectivity index (χ2n) is 7.09. The molecule has 0 aliphatic heterocycles. The second kappa shape index (κ2) is 9.14. The number of amides is 1. The number of alkyl carbamates (subject to hydrolysis) is 1. The van der Waals surface area contributed by atoms with Crippen LogP contribution in [0.15, 0.2) is 4.99 Å². The van der Waals surface area contributed by atoms with Crippen LogP contribution in [0.5, 0.6) is 0 Å². The number of carbonyl (C=O) groups is 1. The highest BCUT2D eigenvalue weighted by atomic mass is 16.5. The smallest absolute Gasteiger partial charge is 0.407 e. The molecule has 2 fully saturated rings. The zero-order valence-corrected chi connectivity index (χ0v) is 15.5. The molecule has 6 nitrogen and oxygen atoms in total. The van der Waals surface area contributed by atoms with Gasteiger partial charge in [-0.15, -0.1) is 0 Å². The van der Waals surface area contributed by atoms with Gasteiger partial charge in [0.1, 0.15) is 0 Å². The molecule has 24 heavy (non-hydrogen) atoms. The van der Waals surface area contributed by atoms with Gasteiger partial charge in [-0.1, -0.05) is 13.3 Å². The van der Waals surface area contributed by atoms with Gasteiger partial charge in [0, 0.05) is 19.6 Å². The Morgan fingerprint density at radius 2 is 2.00 bits per heavy atom. The standard InChI is InChI=1S/C18H34N4O2/c1-4-18(10-7-11-18)13-21-16(19-5-2)20-12-15(14-8-9-14)22-17(23)24-6-3/h14-15H,4-13H2,1-3H3,(H,22,23)(H2,19,20,21). The fraction of sp³-hybridized carbons (Fsp3) is 0.889. The summed E-state index contributed by atoms with van der Waals surface area (Å²) in [6.45, 7) is 8.98. The predicted molar refractivity (Wildman–Crippen MR) is 97.2 cm³/mol. The van der Waals surface area contributed by atoms with Crippen molar-refractivity contribution in [3.05, 3.63) is 0 Å². The van der Waals surface area contributed by atoms with Crippen molar-refractivity contribution >= 4 is 12.1 Å². The molecule has 0 aromatic rings. The lowest BCUT2D eigenvalue weighted by molar-refractivity contribution is 0.139. The van der Waals surface area contributed by atoms with Crippen LogP contribution in [-0.2, 0) is 4.74 Å². The Hall–Kier alpha value is -1.46. The van der Waals surface area contributed by atoms with Crippen molar-refractivity contribution in [2.45, 2.75) is 65.3 Å². The largest absolute Gasteiger partial charge is 0.450 e. The van der Waals surface area contributed by atoms with Crippen LogP contribution in [0.3, 0.4) is 0 Å². The van der Waals surface area contributed by atoms with E-state index in [4.69, 9.17) is 9.73 Å². The molecule has 3 N–H and O–H groups in total. The molecule has 2 rings (SSSR count). The fourth-order valence-electron chi connectivity index (χ4n) is 3.25. The van der Waals surface area contributed by atoms with Gasteiger partial charge in [-0.3, -0.25) is 4.99 Å². The summed E-state index contributed by atoms with van der Waals surface area (Å²) >= 11 is 0. The molecular weight excluding hydrogens is 304 g/mol. The van der Waals surface area contributed by atoms with Crippen LogP contribution in [0, 0.1) is 11.3 Å². The molecule has 1 amide bonds. The van der Waals surface area contributed by atoms with Crippen LogP contribution in [0.4, 0.5) is 4.79 Å². The van der Waals surface area contributed by atoms with Gasteiger partial charge in [-0.2, -0.15) is 0 Å². The van der Waals surface area contributed by atoms with Crippen molar-refractivity contribution in [1.29, 1.82) is 0 Å². The maximum absolute atomic E-state index is 11.7. The molecule has 0 heterocycles. The Morgan fingerprint density at radius 3 is 2.50 bits per heavy atom. The van der Waals surface area contributed by atoms with E-state index < -0.39 is 0 Å². The first kappa shape index (κ1) is 18.9. The lowest BCUT2D eigenvalue weighted by Crippen LogP contribution is -2.48. The number of hydrogen-bond donors (Lipinski definition) is 3. The van der Waals surface area contributed by atoms with E-state index in [1.807, 2.05) is 6.92 Å². The highest BCUT2D eigenvalue weighted by molar-refractivity contribution is 5.80. The Morgan fingerprint density at radius 1 is 1.25 bits per heavy atom. The summed E-state index contributed by atoms with van der Waals surface area (Å²) in [6.07, 6.45) is 7.14. The van der Waals surface area contributed by atoms with Crippen molar-refractivity contribution in [2.24, 2.45) is 16.3 Å². The van der Waals surface area contributed by atoms with Crippen molar-refractivity contribution in [1.82, 2.24) is 16.0 Å². The molecule has 0 aromatic carbocycles. The summed E-state index contributed by atoms with van der Waals surface area (Å²) in [5.41, 5.74) is 0.418. The monoisotopic (exact) mass is 338 g/mol. The molecule has 2 saturated carbocycles. The Labute approximate surface area is 146 Å². The van der Waals surface area contributed by atoms with Gasteiger partial charge in [0.05, 0.1) is 12.6 Å². The topological polar surface area (TPSA) is 74.8 Å². The van der Waals surface area contributed by atoms with Gasteiger partial charge >= 0.3 is 6.09 Å². The quantitative estimate of drug-likeness (QED) is 0.446. The van der Waals surface area contributed by atoms with Gasteiger partial charge in [-0.05, 0) is 57.3 Å². The summed E-state index contributed by atoms with van der Waals surface area (Å²) in [4.78, 5) is 16.5. The summed E-state index contributed by atoms with van der Waals surface area (Å²) in [5.74, 6) is 1.41. The van der Waals surface area contributed by atoms with Gasteiger partial charge in [0.2, 0.25) is 0 Å². The van der Waals surface area contributed by atoms with E-state index in [0.29, 0.717) is 24.5 Å². The van der Waals surface area contributed by atoms with E-state index in [1.165, 1.54) is 38.5 Å². The molecule has 138 valence electrons. The molecule has 0 spiro atoms. The summed E-state index contributed by atoms with van der Waals surface area (Å²) < 4.78 is 5.01. The molecule has 6 heteroatoms. The van der Waals surface area contributed by atoms with E-state index in [9.17, 15) is 4.79 Å². The van der Waals surface area contributed by atoms with Crippen LogP contribution < -0.4 is 16.0 Å². The number of nitrogens with one attached hydrogen (secondary N) is 3. The van der Waals surface area contributed by atoms with Crippen molar-refractivity contribution in [2.75, 3.05) is 26.2 Å². The Bertz CT molecular complexity index is 425. The first-order valence-corrected chi connectivity index (χ1v) is 9.58. The van der Waals surface area contributed by atoms with Crippen molar-refractivity contribution in [3.63, 3.8) is 0 Å². The Kier molecular flexibility index (Phi) is 7.18. The fourth-order valence-corrected chi connectivity index (χ4v) is 3.25. The number of ether oxygens (including phenoxy) is 1. The van der Waals surface area contributed by atoms with Crippen LogP contribution in [0.1, 0.15) is 59.3 Å². The maximum atomic E-state index is 11.7. The normalized spacial score (nSPS) is 20.7. The molecule has 0 radical (unpaired) electrons. The van der Waals surface area contributed by atoms with Crippen LogP contribution >= 0.6 is 0 Å². The van der Waals surface area contributed by atoms with Gasteiger partial charge in [-0.25, -0.2) is 4.79 Å². The van der Waals surface area contributed by atoms with E-state index in [0.717, 1.165) is 19.0 Å². The molecule has 0 aromatic heterocycles. The SMILES string of the molecule is CCNC(=NCC1(CC)CCC1)NCC(NC(=O)OCC)C1CC1. The lowest BCUT2D eigenvalue weighted by atomic mass is 9.67. The first-order valence-electron chi connectivity index (χ1n) is 9.58. The molecule has 1 unspecified atom stereocenters. The number of hydrogen-bond acceptors (Lipinski definition) is 3. The average Bonchev–Trinajstić information content (AvgIpc) is 3.35.